The standard InChI is InChI=1S/C19H14N4O/c1-2-18(24)23-8-7-13-4-5-14(10-17(13)23)19-15-6-3-12(11-20)9-16(15)21-22-19/h2-6,9-10H,1,7-8H2,(H,21,22). The van der Waals surface area contributed by atoms with Crippen molar-refractivity contribution in [3.8, 4) is 17.3 Å². The summed E-state index contributed by atoms with van der Waals surface area (Å²) in [6.45, 7) is 4.25. The highest BCUT2D eigenvalue weighted by atomic mass is 16.2. The fourth-order valence-corrected chi connectivity index (χ4v) is 3.17. The first-order valence-electron chi connectivity index (χ1n) is 7.66. The molecule has 4 rings (SSSR count). The number of fused-ring (bicyclic) bond motifs is 2. The molecule has 0 spiro atoms. The van der Waals surface area contributed by atoms with E-state index in [2.05, 4.69) is 22.8 Å². The van der Waals surface area contributed by atoms with Gasteiger partial charge in [0.25, 0.3) is 0 Å². The molecule has 0 saturated heterocycles. The fourth-order valence-electron chi connectivity index (χ4n) is 3.17. The number of rotatable bonds is 2. The average molecular weight is 314 g/mol. The molecule has 2 aromatic carbocycles. The molecule has 1 N–H and O–H groups in total. The van der Waals surface area contributed by atoms with Crippen LogP contribution in [0.25, 0.3) is 22.2 Å². The van der Waals surface area contributed by atoms with Crippen LogP contribution in [0.15, 0.2) is 49.1 Å². The Morgan fingerprint density at radius 1 is 1.33 bits per heavy atom. The predicted octanol–water partition coefficient (Wildman–Crippen LogP) is 3.18. The lowest BCUT2D eigenvalue weighted by Gasteiger charge is -2.15. The van der Waals surface area contributed by atoms with E-state index in [0.717, 1.165) is 39.8 Å². The third-order valence-electron chi connectivity index (χ3n) is 4.39. The highest BCUT2D eigenvalue weighted by Crippen LogP contribution is 2.34. The highest BCUT2D eigenvalue weighted by molar-refractivity contribution is 6.03. The van der Waals surface area contributed by atoms with Gasteiger partial charge in [0.1, 0.15) is 0 Å². The van der Waals surface area contributed by atoms with Gasteiger partial charge in [0.15, 0.2) is 0 Å². The van der Waals surface area contributed by atoms with Gasteiger partial charge in [0, 0.05) is 23.2 Å². The zero-order chi connectivity index (χ0) is 16.7. The van der Waals surface area contributed by atoms with E-state index in [9.17, 15) is 4.79 Å². The van der Waals surface area contributed by atoms with E-state index in [1.807, 2.05) is 24.3 Å². The molecule has 24 heavy (non-hydrogen) atoms. The summed E-state index contributed by atoms with van der Waals surface area (Å²) >= 11 is 0. The largest absolute Gasteiger partial charge is 0.308 e. The molecular formula is C19H14N4O. The number of benzene rings is 2. The molecular weight excluding hydrogens is 300 g/mol. The molecule has 1 aliphatic heterocycles. The molecule has 5 heteroatoms. The number of carbonyl (C=O) groups is 1. The maximum absolute atomic E-state index is 12.0. The quantitative estimate of drug-likeness (QED) is 0.738. The van der Waals surface area contributed by atoms with Gasteiger partial charge >= 0.3 is 0 Å². The SMILES string of the molecule is C=CC(=O)N1CCc2ccc(-c3n[nH]c4cc(C#N)ccc34)cc21. The van der Waals surface area contributed by atoms with Crippen LogP contribution in [-0.2, 0) is 11.2 Å². The van der Waals surface area contributed by atoms with Crippen molar-refractivity contribution in [2.45, 2.75) is 6.42 Å². The van der Waals surface area contributed by atoms with Crippen molar-refractivity contribution in [1.82, 2.24) is 10.2 Å². The predicted molar refractivity (Wildman–Crippen MR) is 92.5 cm³/mol. The van der Waals surface area contributed by atoms with Crippen molar-refractivity contribution in [2.75, 3.05) is 11.4 Å². The van der Waals surface area contributed by atoms with Crippen LogP contribution in [0, 0.1) is 11.3 Å². The van der Waals surface area contributed by atoms with E-state index >= 15 is 0 Å². The van der Waals surface area contributed by atoms with Gasteiger partial charge in [-0.05, 0) is 42.3 Å². The molecule has 0 aliphatic carbocycles. The minimum Gasteiger partial charge on any atom is -0.308 e. The number of hydrogen-bond donors (Lipinski definition) is 1. The van der Waals surface area contributed by atoms with Crippen LogP contribution in [0.5, 0.6) is 0 Å². The summed E-state index contributed by atoms with van der Waals surface area (Å²) in [6.07, 6.45) is 2.19. The van der Waals surface area contributed by atoms with Crippen molar-refractivity contribution in [1.29, 1.82) is 5.26 Å². The van der Waals surface area contributed by atoms with E-state index in [1.54, 1.807) is 17.0 Å². The Bertz CT molecular complexity index is 1030. The van der Waals surface area contributed by atoms with Crippen LogP contribution >= 0.6 is 0 Å². The van der Waals surface area contributed by atoms with Gasteiger partial charge in [0.05, 0.1) is 22.8 Å². The molecule has 0 saturated carbocycles. The fraction of sp³-hybridized carbons (Fsp3) is 0.105. The van der Waals surface area contributed by atoms with E-state index < -0.39 is 0 Å². The smallest absolute Gasteiger partial charge is 0.250 e. The number of nitrogens with zero attached hydrogens (tertiary/aromatic N) is 3. The van der Waals surface area contributed by atoms with Gasteiger partial charge in [-0.25, -0.2) is 0 Å². The van der Waals surface area contributed by atoms with Crippen molar-refractivity contribution in [3.05, 3.63) is 60.2 Å². The first kappa shape index (κ1) is 14.2. The van der Waals surface area contributed by atoms with Gasteiger partial charge in [-0.1, -0.05) is 18.7 Å². The van der Waals surface area contributed by atoms with E-state index in [-0.39, 0.29) is 5.91 Å². The van der Waals surface area contributed by atoms with Crippen LogP contribution < -0.4 is 4.90 Å². The van der Waals surface area contributed by atoms with Gasteiger partial charge in [-0.2, -0.15) is 10.4 Å². The number of aromatic amines is 1. The Kier molecular flexibility index (Phi) is 3.17. The molecule has 1 aromatic heterocycles. The average Bonchev–Trinajstić information content (AvgIpc) is 3.23. The van der Waals surface area contributed by atoms with Crippen LogP contribution in [0.4, 0.5) is 5.69 Å². The Morgan fingerprint density at radius 2 is 2.21 bits per heavy atom. The third kappa shape index (κ3) is 2.09. The van der Waals surface area contributed by atoms with Crippen molar-refractivity contribution in [3.63, 3.8) is 0 Å². The number of anilines is 1. The molecule has 2 heterocycles. The summed E-state index contributed by atoms with van der Waals surface area (Å²) in [4.78, 5) is 13.8. The molecule has 116 valence electrons. The molecule has 0 bridgehead atoms. The maximum Gasteiger partial charge on any atom is 0.250 e. The molecule has 5 nitrogen and oxygen atoms in total. The van der Waals surface area contributed by atoms with Gasteiger partial charge in [0.2, 0.25) is 5.91 Å². The number of amides is 1. The Balaban J connectivity index is 1.83. The zero-order valence-corrected chi connectivity index (χ0v) is 12.9. The summed E-state index contributed by atoms with van der Waals surface area (Å²) in [5, 5.41) is 17.3. The minimum absolute atomic E-state index is 0.0866. The molecule has 0 fully saturated rings. The summed E-state index contributed by atoms with van der Waals surface area (Å²) in [5.74, 6) is -0.0866. The summed E-state index contributed by atoms with van der Waals surface area (Å²) in [5.41, 5.74) is 5.24. The summed E-state index contributed by atoms with van der Waals surface area (Å²) in [7, 11) is 0. The Morgan fingerprint density at radius 3 is 3.00 bits per heavy atom. The van der Waals surface area contributed by atoms with Crippen LogP contribution in [0.2, 0.25) is 0 Å². The number of nitrogens with one attached hydrogen (secondary N) is 1. The monoisotopic (exact) mass is 314 g/mol. The lowest BCUT2D eigenvalue weighted by Crippen LogP contribution is -2.26. The molecule has 3 aromatic rings. The van der Waals surface area contributed by atoms with Crippen molar-refractivity contribution < 1.29 is 4.79 Å². The number of hydrogen-bond acceptors (Lipinski definition) is 3. The molecule has 0 radical (unpaired) electrons. The lowest BCUT2D eigenvalue weighted by molar-refractivity contribution is -0.114. The molecule has 1 aliphatic rings. The second-order valence-electron chi connectivity index (χ2n) is 5.73. The first-order valence-corrected chi connectivity index (χ1v) is 7.66. The topological polar surface area (TPSA) is 72.8 Å². The number of H-pyrrole nitrogens is 1. The summed E-state index contributed by atoms with van der Waals surface area (Å²) in [6, 6.07) is 13.7. The number of nitriles is 1. The Labute approximate surface area is 138 Å². The molecule has 1 amide bonds. The molecule has 0 unspecified atom stereocenters. The maximum atomic E-state index is 12.0. The molecule has 0 atom stereocenters. The second-order valence-corrected chi connectivity index (χ2v) is 5.73. The minimum atomic E-state index is -0.0866. The van der Waals surface area contributed by atoms with Crippen molar-refractivity contribution >= 4 is 22.5 Å². The normalized spacial score (nSPS) is 12.9. The van der Waals surface area contributed by atoms with Gasteiger partial charge in [-0.3, -0.25) is 9.89 Å². The third-order valence-corrected chi connectivity index (χ3v) is 4.39. The van der Waals surface area contributed by atoms with Crippen molar-refractivity contribution in [2.24, 2.45) is 0 Å². The van der Waals surface area contributed by atoms with E-state index in [1.165, 1.54) is 6.08 Å². The van der Waals surface area contributed by atoms with Crippen LogP contribution in [-0.4, -0.2) is 22.6 Å². The van der Waals surface area contributed by atoms with Gasteiger partial charge in [-0.15, -0.1) is 0 Å². The zero-order valence-electron chi connectivity index (χ0n) is 12.9. The van der Waals surface area contributed by atoms with Crippen LogP contribution in [0.1, 0.15) is 11.1 Å². The van der Waals surface area contributed by atoms with Crippen LogP contribution in [0.3, 0.4) is 0 Å². The van der Waals surface area contributed by atoms with E-state index in [0.29, 0.717) is 12.1 Å². The lowest BCUT2D eigenvalue weighted by atomic mass is 10.0. The van der Waals surface area contributed by atoms with E-state index in [4.69, 9.17) is 5.26 Å². The number of aromatic nitrogens is 2. The second kappa shape index (κ2) is 5.36. The summed E-state index contributed by atoms with van der Waals surface area (Å²) < 4.78 is 0. The Hall–Kier alpha value is -3.39. The number of carbonyl (C=O) groups excluding carboxylic acids is 1. The van der Waals surface area contributed by atoms with Gasteiger partial charge < -0.3 is 4.90 Å². The first-order chi connectivity index (χ1) is 11.7. The highest BCUT2D eigenvalue weighted by Gasteiger charge is 2.24.